The van der Waals surface area contributed by atoms with Crippen LogP contribution in [0.3, 0.4) is 0 Å². The molecule has 18 heavy (non-hydrogen) atoms. The lowest BCUT2D eigenvalue weighted by molar-refractivity contribution is 0.593. The van der Waals surface area contributed by atoms with E-state index in [4.69, 9.17) is 10.5 Å². The van der Waals surface area contributed by atoms with E-state index in [0.29, 0.717) is 4.47 Å². The zero-order valence-corrected chi connectivity index (χ0v) is 11.9. The zero-order valence-electron chi connectivity index (χ0n) is 9.51. The number of sulfonamides is 1. The zero-order chi connectivity index (χ0) is 13.8. The summed E-state index contributed by atoms with van der Waals surface area (Å²) >= 11 is 3.19. The Morgan fingerprint density at radius 2 is 2.11 bits per heavy atom. The smallest absolute Gasteiger partial charge is 0.249 e. The van der Waals surface area contributed by atoms with Crippen LogP contribution < -0.4 is 4.72 Å². The molecule has 0 bridgehead atoms. The number of nitrogens with zero attached hydrogens (tertiary/aromatic N) is 2. The number of nitriles is 2. The van der Waals surface area contributed by atoms with Crippen LogP contribution >= 0.6 is 15.9 Å². The number of rotatable bonds is 4. The molecule has 7 heteroatoms. The molecule has 0 amide bonds. The van der Waals surface area contributed by atoms with Gasteiger partial charge in [0.1, 0.15) is 6.07 Å². The first kappa shape index (κ1) is 14.5. The van der Waals surface area contributed by atoms with Crippen LogP contribution in [-0.2, 0) is 10.0 Å². The third-order valence-corrected chi connectivity index (χ3v) is 4.43. The first-order valence-electron chi connectivity index (χ1n) is 5.05. The molecule has 1 aromatic rings. The fraction of sp³-hybridized carbons (Fsp3) is 0.273. The van der Waals surface area contributed by atoms with E-state index in [1.807, 2.05) is 6.07 Å². The van der Waals surface area contributed by atoms with Crippen LogP contribution in [0.1, 0.15) is 18.9 Å². The van der Waals surface area contributed by atoms with Gasteiger partial charge in [0.25, 0.3) is 0 Å². The molecule has 1 rings (SSSR count). The van der Waals surface area contributed by atoms with E-state index in [-0.39, 0.29) is 17.7 Å². The number of benzene rings is 1. The molecule has 0 aliphatic heterocycles. The largest absolute Gasteiger partial charge is 0.281 e. The monoisotopic (exact) mass is 327 g/mol. The van der Waals surface area contributed by atoms with Crippen LogP contribution in [0.15, 0.2) is 22.7 Å². The Morgan fingerprint density at radius 1 is 1.44 bits per heavy atom. The quantitative estimate of drug-likeness (QED) is 0.918. The van der Waals surface area contributed by atoms with Crippen LogP contribution in [0, 0.1) is 22.7 Å². The summed E-state index contributed by atoms with van der Waals surface area (Å²) in [6, 6.07) is 8.23. The molecule has 0 aromatic heterocycles. The topological polar surface area (TPSA) is 93.8 Å². The highest BCUT2D eigenvalue weighted by Crippen LogP contribution is 2.23. The summed E-state index contributed by atoms with van der Waals surface area (Å²) in [5.41, 5.74) is 0.371. The van der Waals surface area contributed by atoms with Crippen molar-refractivity contribution in [3.05, 3.63) is 28.2 Å². The van der Waals surface area contributed by atoms with Crippen LogP contribution in [0.2, 0.25) is 0 Å². The van der Waals surface area contributed by atoms with Gasteiger partial charge in [-0.2, -0.15) is 10.5 Å². The predicted molar refractivity (Wildman–Crippen MR) is 71.1 cm³/mol. The minimum absolute atomic E-state index is 0.167. The van der Waals surface area contributed by atoms with Gasteiger partial charge in [-0.15, -0.1) is 0 Å². The van der Waals surface area contributed by atoms with Crippen molar-refractivity contribution in [1.82, 2.24) is 0 Å². The fourth-order valence-corrected chi connectivity index (χ4v) is 2.86. The Kier molecular flexibility index (Phi) is 4.71. The molecule has 0 spiro atoms. The van der Waals surface area contributed by atoms with Gasteiger partial charge in [0.15, 0.2) is 5.25 Å². The minimum atomic E-state index is -3.81. The van der Waals surface area contributed by atoms with E-state index in [0.717, 1.165) is 0 Å². The van der Waals surface area contributed by atoms with Crippen molar-refractivity contribution in [3.63, 3.8) is 0 Å². The van der Waals surface area contributed by atoms with Gasteiger partial charge in [0, 0.05) is 4.47 Å². The van der Waals surface area contributed by atoms with E-state index < -0.39 is 15.3 Å². The van der Waals surface area contributed by atoms with E-state index in [9.17, 15) is 8.42 Å². The van der Waals surface area contributed by atoms with Gasteiger partial charge in [-0.3, -0.25) is 4.72 Å². The minimum Gasteiger partial charge on any atom is -0.281 e. The van der Waals surface area contributed by atoms with Gasteiger partial charge < -0.3 is 0 Å². The fourth-order valence-electron chi connectivity index (χ4n) is 1.30. The van der Waals surface area contributed by atoms with Gasteiger partial charge in [-0.25, -0.2) is 8.42 Å². The van der Waals surface area contributed by atoms with E-state index >= 15 is 0 Å². The summed E-state index contributed by atoms with van der Waals surface area (Å²) in [7, 11) is -3.81. The molecule has 0 heterocycles. The summed E-state index contributed by atoms with van der Waals surface area (Å²) in [5, 5.41) is 16.5. The SMILES string of the molecule is CCC(C#N)S(=O)(=O)Nc1cc(Br)ccc1C#N. The first-order valence-corrected chi connectivity index (χ1v) is 7.39. The third kappa shape index (κ3) is 3.22. The highest BCUT2D eigenvalue weighted by Gasteiger charge is 2.24. The molecule has 0 radical (unpaired) electrons. The lowest BCUT2D eigenvalue weighted by atomic mass is 10.2. The first-order chi connectivity index (χ1) is 8.44. The van der Waals surface area contributed by atoms with Gasteiger partial charge in [0.05, 0.1) is 17.3 Å². The maximum absolute atomic E-state index is 11.9. The highest BCUT2D eigenvalue weighted by molar-refractivity contribution is 9.10. The van der Waals surface area contributed by atoms with Gasteiger partial charge in [0.2, 0.25) is 10.0 Å². The second-order valence-corrected chi connectivity index (χ2v) is 6.25. The lowest BCUT2D eigenvalue weighted by Gasteiger charge is -2.12. The van der Waals surface area contributed by atoms with Crippen LogP contribution in [0.25, 0.3) is 0 Å². The molecular weight excluding hydrogens is 318 g/mol. The molecule has 0 aliphatic carbocycles. The Balaban J connectivity index is 3.17. The van der Waals surface area contributed by atoms with Crippen molar-refractivity contribution in [2.24, 2.45) is 0 Å². The normalized spacial score (nSPS) is 12.2. The molecule has 0 fully saturated rings. The maximum Gasteiger partial charge on any atom is 0.249 e. The summed E-state index contributed by atoms with van der Waals surface area (Å²) in [6.07, 6.45) is 0.182. The standard InChI is InChI=1S/C11H10BrN3O2S/c1-2-10(7-14)18(16,17)15-11-5-9(12)4-3-8(11)6-13/h3-5,10,15H,2H2,1H3. The van der Waals surface area contributed by atoms with Crippen molar-refractivity contribution in [2.75, 3.05) is 4.72 Å². The average molecular weight is 328 g/mol. The number of halogens is 1. The van der Waals surface area contributed by atoms with Crippen molar-refractivity contribution in [2.45, 2.75) is 18.6 Å². The molecular formula is C11H10BrN3O2S. The summed E-state index contributed by atoms with van der Waals surface area (Å²) in [4.78, 5) is 0. The second-order valence-electron chi connectivity index (χ2n) is 3.47. The van der Waals surface area contributed by atoms with Gasteiger partial charge >= 0.3 is 0 Å². The molecule has 1 aromatic carbocycles. The number of nitrogens with one attached hydrogen (secondary N) is 1. The van der Waals surface area contributed by atoms with E-state index in [1.54, 1.807) is 19.1 Å². The van der Waals surface area contributed by atoms with E-state index in [1.165, 1.54) is 12.1 Å². The molecule has 0 saturated heterocycles. The Morgan fingerprint density at radius 3 is 2.61 bits per heavy atom. The molecule has 1 N–H and O–H groups in total. The van der Waals surface area contributed by atoms with E-state index in [2.05, 4.69) is 20.7 Å². The van der Waals surface area contributed by atoms with Crippen LogP contribution in [0.5, 0.6) is 0 Å². The van der Waals surface area contributed by atoms with Crippen molar-refractivity contribution >= 4 is 31.6 Å². The Hall–Kier alpha value is -1.57. The highest BCUT2D eigenvalue weighted by atomic mass is 79.9. The molecule has 0 aliphatic rings. The molecule has 1 unspecified atom stereocenters. The molecule has 0 saturated carbocycles. The van der Waals surface area contributed by atoms with Gasteiger partial charge in [-0.05, 0) is 24.6 Å². The maximum atomic E-state index is 11.9. The summed E-state index contributed by atoms with van der Waals surface area (Å²) in [6.45, 7) is 1.61. The lowest BCUT2D eigenvalue weighted by Crippen LogP contribution is -2.26. The number of hydrogen-bond acceptors (Lipinski definition) is 4. The van der Waals surface area contributed by atoms with Crippen LogP contribution in [-0.4, -0.2) is 13.7 Å². The molecule has 94 valence electrons. The summed E-state index contributed by atoms with van der Waals surface area (Å²) in [5.74, 6) is 0. The third-order valence-electron chi connectivity index (χ3n) is 2.24. The predicted octanol–water partition coefficient (Wildman–Crippen LogP) is 2.36. The molecule has 5 nitrogen and oxygen atoms in total. The van der Waals surface area contributed by atoms with Crippen molar-refractivity contribution < 1.29 is 8.42 Å². The number of anilines is 1. The Labute approximate surface area is 114 Å². The van der Waals surface area contributed by atoms with Gasteiger partial charge in [-0.1, -0.05) is 22.9 Å². The average Bonchev–Trinajstić information content (AvgIpc) is 2.29. The summed E-state index contributed by atoms with van der Waals surface area (Å²) < 4.78 is 26.7. The van der Waals surface area contributed by atoms with Crippen LogP contribution in [0.4, 0.5) is 5.69 Å². The second kappa shape index (κ2) is 5.85. The van der Waals surface area contributed by atoms with Crippen molar-refractivity contribution in [3.8, 4) is 12.1 Å². The molecule has 1 atom stereocenters. The van der Waals surface area contributed by atoms with Crippen molar-refractivity contribution in [1.29, 1.82) is 10.5 Å². The Bertz CT molecular complexity index is 629. The number of hydrogen-bond donors (Lipinski definition) is 1.